The highest BCUT2D eigenvalue weighted by atomic mass is 35.5. The molecule has 2 rings (SSSR count). The second kappa shape index (κ2) is 9.97. The Morgan fingerprint density at radius 3 is 2.88 bits per heavy atom. The summed E-state index contributed by atoms with van der Waals surface area (Å²) in [6.45, 7) is 6.50. The topological polar surface area (TPSA) is 92.4 Å². The third-order valence-electron chi connectivity index (χ3n) is 4.50. The zero-order valence-corrected chi connectivity index (χ0v) is 15.8. The van der Waals surface area contributed by atoms with E-state index in [1.807, 2.05) is 6.92 Å². The third kappa shape index (κ3) is 6.19. The maximum Gasteiger partial charge on any atom is 0.253 e. The molecule has 7 heteroatoms. The number of hydrogen-bond acceptors (Lipinski definition) is 5. The molecule has 0 radical (unpaired) electrons. The lowest BCUT2D eigenvalue weighted by Crippen LogP contribution is -2.39. The molecule has 0 saturated heterocycles. The predicted octanol–water partition coefficient (Wildman–Crippen LogP) is 2.94. The number of amides is 1. The van der Waals surface area contributed by atoms with Crippen LogP contribution in [0.15, 0.2) is 41.9 Å². The zero-order valence-electron chi connectivity index (χ0n) is 15.0. The Bertz CT molecular complexity index is 693. The van der Waals surface area contributed by atoms with Gasteiger partial charge in [-0.25, -0.2) is 4.99 Å². The van der Waals surface area contributed by atoms with Crippen molar-refractivity contribution in [2.24, 2.45) is 16.6 Å². The number of aryl methyl sites for hydroxylation is 1. The number of hydrogen-bond donors (Lipinski definition) is 3. The van der Waals surface area contributed by atoms with E-state index in [1.165, 1.54) is 6.20 Å². The normalized spacial score (nSPS) is 20.4. The largest absolute Gasteiger partial charge is 0.405 e. The lowest BCUT2D eigenvalue weighted by Gasteiger charge is -2.29. The van der Waals surface area contributed by atoms with Gasteiger partial charge in [-0.3, -0.25) is 9.78 Å². The Morgan fingerprint density at radius 2 is 2.19 bits per heavy atom. The average Bonchev–Trinajstić information content (AvgIpc) is 2.63. The highest BCUT2D eigenvalue weighted by Gasteiger charge is 2.23. The van der Waals surface area contributed by atoms with Crippen molar-refractivity contribution in [1.29, 1.82) is 0 Å². The van der Waals surface area contributed by atoms with Crippen molar-refractivity contribution in [2.75, 3.05) is 6.54 Å². The van der Waals surface area contributed by atoms with Gasteiger partial charge in [0.15, 0.2) is 0 Å². The number of nitrogens with one attached hydrogen (secondary N) is 2. The molecule has 0 aromatic carbocycles. The number of pyridine rings is 1. The first kappa shape index (κ1) is 20.0. The summed E-state index contributed by atoms with van der Waals surface area (Å²) in [5.41, 5.74) is 6.48. The number of halogens is 1. The van der Waals surface area contributed by atoms with Gasteiger partial charge < -0.3 is 16.4 Å². The molecule has 0 unspecified atom stereocenters. The van der Waals surface area contributed by atoms with Gasteiger partial charge in [-0.05, 0) is 56.9 Å². The van der Waals surface area contributed by atoms with E-state index in [-0.39, 0.29) is 11.9 Å². The molecule has 1 aromatic heterocycles. The van der Waals surface area contributed by atoms with Gasteiger partial charge in [-0.2, -0.15) is 0 Å². The van der Waals surface area contributed by atoms with Crippen molar-refractivity contribution in [3.63, 3.8) is 0 Å². The first-order valence-electron chi connectivity index (χ1n) is 8.76. The fourth-order valence-corrected chi connectivity index (χ4v) is 3.16. The van der Waals surface area contributed by atoms with Crippen LogP contribution in [0.2, 0.25) is 5.02 Å². The van der Waals surface area contributed by atoms with Gasteiger partial charge in [0.1, 0.15) is 5.82 Å². The summed E-state index contributed by atoms with van der Waals surface area (Å²) >= 11 is 5.95. The lowest BCUT2D eigenvalue weighted by molar-refractivity contribution is 0.0921. The molecule has 1 aliphatic carbocycles. The fraction of sp³-hybridized carbons (Fsp3) is 0.421. The van der Waals surface area contributed by atoms with Crippen LogP contribution in [0.4, 0.5) is 0 Å². The fourth-order valence-electron chi connectivity index (χ4n) is 3.00. The number of nitrogens with zero attached hydrogens (tertiary/aromatic N) is 2. The summed E-state index contributed by atoms with van der Waals surface area (Å²) in [7, 11) is 0. The van der Waals surface area contributed by atoms with Gasteiger partial charge in [0, 0.05) is 25.0 Å². The van der Waals surface area contributed by atoms with Crippen molar-refractivity contribution in [3.8, 4) is 0 Å². The van der Waals surface area contributed by atoms with Gasteiger partial charge in [0.05, 0.1) is 16.3 Å². The first-order chi connectivity index (χ1) is 12.5. The van der Waals surface area contributed by atoms with E-state index in [1.54, 1.807) is 24.6 Å². The molecule has 0 spiro atoms. The van der Waals surface area contributed by atoms with Crippen LogP contribution < -0.4 is 16.4 Å². The van der Waals surface area contributed by atoms with Crippen molar-refractivity contribution >= 4 is 23.7 Å². The molecular formula is C19H26ClN5O. The molecule has 4 N–H and O–H groups in total. The maximum absolute atomic E-state index is 12.4. The molecule has 1 saturated carbocycles. The van der Waals surface area contributed by atoms with Gasteiger partial charge in [-0.15, -0.1) is 0 Å². The molecular weight excluding hydrogens is 350 g/mol. The van der Waals surface area contributed by atoms with E-state index in [2.05, 4.69) is 27.2 Å². The number of aromatic nitrogens is 1. The van der Waals surface area contributed by atoms with Crippen LogP contribution in [0, 0.1) is 12.8 Å². The Morgan fingerprint density at radius 1 is 1.46 bits per heavy atom. The summed E-state index contributed by atoms with van der Waals surface area (Å²) in [5.74, 6) is 1.08. The summed E-state index contributed by atoms with van der Waals surface area (Å²) in [5, 5.41) is 6.81. The van der Waals surface area contributed by atoms with E-state index in [4.69, 9.17) is 17.3 Å². The molecule has 1 aromatic rings. The highest BCUT2D eigenvalue weighted by Crippen LogP contribution is 2.24. The average molecular weight is 376 g/mol. The van der Waals surface area contributed by atoms with E-state index in [0.717, 1.165) is 32.2 Å². The lowest BCUT2D eigenvalue weighted by atomic mass is 9.86. The number of aliphatic imine (C=N–C) groups is 1. The van der Waals surface area contributed by atoms with E-state index in [0.29, 0.717) is 28.0 Å². The van der Waals surface area contributed by atoms with Gasteiger partial charge >= 0.3 is 0 Å². The SMILES string of the molecule is C=C(/N=C\C=C/N)NC[C@H]1CC[C@H](NC(=O)c2cc(Cl)cnc2C)CC1. The quantitative estimate of drug-likeness (QED) is 0.639. The molecule has 26 heavy (non-hydrogen) atoms. The smallest absolute Gasteiger partial charge is 0.253 e. The number of nitrogens with two attached hydrogens (primary N) is 1. The highest BCUT2D eigenvalue weighted by molar-refractivity contribution is 6.30. The number of carbonyl (C=O) groups excluding carboxylic acids is 1. The zero-order chi connectivity index (χ0) is 18.9. The van der Waals surface area contributed by atoms with Gasteiger partial charge in [0.2, 0.25) is 0 Å². The van der Waals surface area contributed by atoms with Gasteiger partial charge in [-0.1, -0.05) is 18.2 Å². The summed E-state index contributed by atoms with van der Waals surface area (Å²) in [6, 6.07) is 1.86. The minimum absolute atomic E-state index is 0.102. The van der Waals surface area contributed by atoms with Crippen molar-refractivity contribution < 1.29 is 4.79 Å². The Balaban J connectivity index is 1.75. The third-order valence-corrected chi connectivity index (χ3v) is 4.71. The van der Waals surface area contributed by atoms with Crippen molar-refractivity contribution in [2.45, 2.75) is 38.6 Å². The summed E-state index contributed by atoms with van der Waals surface area (Å²) in [4.78, 5) is 20.7. The Hall–Kier alpha value is -2.34. The number of rotatable bonds is 7. The van der Waals surface area contributed by atoms with Crippen LogP contribution in [0.25, 0.3) is 0 Å². The first-order valence-corrected chi connectivity index (χ1v) is 9.14. The van der Waals surface area contributed by atoms with Crippen LogP contribution in [-0.2, 0) is 0 Å². The van der Waals surface area contributed by atoms with E-state index >= 15 is 0 Å². The molecule has 6 nitrogen and oxygen atoms in total. The van der Waals surface area contributed by atoms with E-state index in [9.17, 15) is 4.79 Å². The van der Waals surface area contributed by atoms with E-state index < -0.39 is 0 Å². The summed E-state index contributed by atoms with van der Waals surface area (Å²) in [6.07, 6.45) is 10.2. The van der Waals surface area contributed by atoms with Crippen LogP contribution in [0.5, 0.6) is 0 Å². The second-order valence-electron chi connectivity index (χ2n) is 6.47. The number of allylic oxidation sites excluding steroid dienone is 1. The molecule has 0 aliphatic heterocycles. The maximum atomic E-state index is 12.4. The Kier molecular flexibility index (Phi) is 7.66. The van der Waals surface area contributed by atoms with Gasteiger partial charge in [0.25, 0.3) is 5.91 Å². The van der Waals surface area contributed by atoms with Crippen LogP contribution in [0.3, 0.4) is 0 Å². The molecule has 1 fully saturated rings. The monoisotopic (exact) mass is 375 g/mol. The predicted molar refractivity (Wildman–Crippen MR) is 106 cm³/mol. The molecule has 0 atom stereocenters. The molecule has 1 heterocycles. The van der Waals surface area contributed by atoms with Crippen LogP contribution >= 0.6 is 11.6 Å². The molecule has 1 amide bonds. The molecule has 1 aliphatic rings. The second-order valence-corrected chi connectivity index (χ2v) is 6.90. The minimum atomic E-state index is -0.102. The molecule has 0 bridgehead atoms. The van der Waals surface area contributed by atoms with Crippen molar-refractivity contribution in [1.82, 2.24) is 15.6 Å². The Labute approximate surface area is 159 Å². The summed E-state index contributed by atoms with van der Waals surface area (Å²) < 4.78 is 0. The van der Waals surface area contributed by atoms with Crippen molar-refractivity contribution in [3.05, 3.63) is 53.2 Å². The molecule has 140 valence electrons. The minimum Gasteiger partial charge on any atom is -0.405 e. The standard InChI is InChI=1S/C19H26ClN5O/c1-13-18(10-16(20)12-23-13)19(26)25-17-6-4-15(5-7-17)11-24-14(2)22-9-3-8-21/h3,8-10,12,15,17,24H,2,4-7,11,21H2,1H3,(H,25,26)/b8-3-,22-9-/t15-,17-. The van der Waals surface area contributed by atoms with Crippen LogP contribution in [0.1, 0.15) is 41.7 Å². The number of carbonyl (C=O) groups is 1. The van der Waals surface area contributed by atoms with Crippen LogP contribution in [-0.4, -0.2) is 29.7 Å².